The normalized spacial score (nSPS) is 11.1. The zero-order valence-corrected chi connectivity index (χ0v) is 18.2. The molecule has 0 fully saturated rings. The Kier molecular flexibility index (Phi) is 4.90. The minimum atomic E-state index is -0.692. The van der Waals surface area contributed by atoms with Gasteiger partial charge in [-0.25, -0.2) is 9.97 Å². The molecule has 34 heavy (non-hydrogen) atoms. The van der Waals surface area contributed by atoms with Gasteiger partial charge < -0.3 is 10.6 Å². The number of amides is 2. The van der Waals surface area contributed by atoms with Crippen molar-refractivity contribution >= 4 is 34.2 Å². The molecule has 0 bridgehead atoms. The SMILES string of the molecule is Cc1ccc(NC(=O)c2ncn3c(=O)c4c(C(=O)Nc5ccc(C)cc5)ncn4c(=O)c23)cc1. The van der Waals surface area contributed by atoms with Crippen LogP contribution in [0.15, 0.2) is 70.8 Å². The molecule has 2 N–H and O–H groups in total. The van der Waals surface area contributed by atoms with Gasteiger partial charge in [-0.3, -0.25) is 28.0 Å². The number of carbonyl (C=O) groups excluding carboxylic acids is 2. The molecular formula is C24H18N6O4. The van der Waals surface area contributed by atoms with Gasteiger partial charge in [-0.2, -0.15) is 0 Å². The number of imidazole rings is 2. The van der Waals surface area contributed by atoms with Crippen molar-refractivity contribution in [1.82, 2.24) is 18.8 Å². The molecule has 10 nitrogen and oxygen atoms in total. The van der Waals surface area contributed by atoms with E-state index in [9.17, 15) is 19.2 Å². The molecular weight excluding hydrogens is 436 g/mol. The molecule has 0 unspecified atom stereocenters. The van der Waals surface area contributed by atoms with Gasteiger partial charge in [0, 0.05) is 11.4 Å². The Hall–Kier alpha value is -4.86. The molecule has 2 aromatic carbocycles. The summed E-state index contributed by atoms with van der Waals surface area (Å²) in [6.07, 6.45) is 2.19. The van der Waals surface area contributed by atoms with E-state index in [1.54, 1.807) is 24.3 Å². The van der Waals surface area contributed by atoms with Crippen LogP contribution in [0.3, 0.4) is 0 Å². The molecule has 168 valence electrons. The van der Waals surface area contributed by atoms with Gasteiger partial charge in [0.1, 0.15) is 23.7 Å². The Morgan fingerprint density at radius 3 is 1.35 bits per heavy atom. The van der Waals surface area contributed by atoms with Crippen LogP contribution in [0.4, 0.5) is 11.4 Å². The van der Waals surface area contributed by atoms with E-state index in [4.69, 9.17) is 0 Å². The predicted molar refractivity (Wildman–Crippen MR) is 126 cm³/mol. The van der Waals surface area contributed by atoms with E-state index in [1.165, 1.54) is 0 Å². The average Bonchev–Trinajstić information content (AvgIpc) is 3.46. The third-order valence-corrected chi connectivity index (χ3v) is 5.43. The summed E-state index contributed by atoms with van der Waals surface area (Å²) in [4.78, 5) is 59.9. The highest BCUT2D eigenvalue weighted by Crippen LogP contribution is 2.14. The van der Waals surface area contributed by atoms with Crippen molar-refractivity contribution in [1.29, 1.82) is 0 Å². The maximum Gasteiger partial charge on any atom is 0.283 e. The van der Waals surface area contributed by atoms with Crippen LogP contribution >= 0.6 is 0 Å². The van der Waals surface area contributed by atoms with Crippen LogP contribution < -0.4 is 21.8 Å². The number of hydrogen-bond donors (Lipinski definition) is 2. The summed E-state index contributed by atoms with van der Waals surface area (Å²) < 4.78 is 1.93. The van der Waals surface area contributed by atoms with Gasteiger partial charge in [-0.15, -0.1) is 0 Å². The van der Waals surface area contributed by atoms with Crippen molar-refractivity contribution in [3.8, 4) is 0 Å². The number of anilines is 2. The van der Waals surface area contributed by atoms with Crippen molar-refractivity contribution in [3.63, 3.8) is 0 Å². The van der Waals surface area contributed by atoms with Gasteiger partial charge in [-0.1, -0.05) is 35.4 Å². The van der Waals surface area contributed by atoms with Gasteiger partial charge in [0.25, 0.3) is 22.9 Å². The fourth-order valence-electron chi connectivity index (χ4n) is 3.63. The molecule has 0 atom stereocenters. The molecule has 0 aliphatic heterocycles. The number of carbonyl (C=O) groups is 2. The molecule has 3 aromatic heterocycles. The van der Waals surface area contributed by atoms with Crippen LogP contribution in [-0.4, -0.2) is 30.6 Å². The maximum absolute atomic E-state index is 13.2. The van der Waals surface area contributed by atoms with Gasteiger partial charge in [-0.05, 0) is 38.1 Å². The number of benzene rings is 2. The highest BCUT2D eigenvalue weighted by atomic mass is 16.2. The van der Waals surface area contributed by atoms with E-state index in [-0.39, 0.29) is 22.4 Å². The molecule has 0 saturated carbocycles. The van der Waals surface area contributed by atoms with E-state index in [0.717, 1.165) is 32.6 Å². The van der Waals surface area contributed by atoms with Gasteiger partial charge in [0.05, 0.1) is 0 Å². The maximum atomic E-state index is 13.2. The van der Waals surface area contributed by atoms with E-state index < -0.39 is 22.9 Å². The second-order valence-corrected chi connectivity index (χ2v) is 7.87. The monoisotopic (exact) mass is 454 g/mol. The highest BCUT2D eigenvalue weighted by Gasteiger charge is 2.25. The second kappa shape index (κ2) is 7.93. The van der Waals surface area contributed by atoms with E-state index >= 15 is 0 Å². The summed E-state index contributed by atoms with van der Waals surface area (Å²) in [5.41, 5.74) is 0.880. The molecule has 0 saturated heterocycles. The number of hydrogen-bond acceptors (Lipinski definition) is 6. The van der Waals surface area contributed by atoms with Crippen molar-refractivity contribution in [2.24, 2.45) is 0 Å². The molecule has 0 radical (unpaired) electrons. The topological polar surface area (TPSA) is 127 Å². The van der Waals surface area contributed by atoms with Crippen LogP contribution in [-0.2, 0) is 0 Å². The smallest absolute Gasteiger partial charge is 0.283 e. The summed E-state index contributed by atoms with van der Waals surface area (Å²) in [7, 11) is 0. The zero-order valence-electron chi connectivity index (χ0n) is 18.2. The van der Waals surface area contributed by atoms with E-state index in [2.05, 4.69) is 20.6 Å². The Bertz CT molecular complexity index is 1560. The first kappa shape index (κ1) is 21.0. The minimum Gasteiger partial charge on any atom is -0.321 e. The molecule has 5 rings (SSSR count). The van der Waals surface area contributed by atoms with E-state index in [1.807, 2.05) is 38.1 Å². The number of nitrogens with one attached hydrogen (secondary N) is 2. The highest BCUT2D eigenvalue weighted by molar-refractivity contribution is 6.09. The molecule has 5 aromatic rings. The molecule has 3 heterocycles. The van der Waals surface area contributed by atoms with Crippen LogP contribution in [0.5, 0.6) is 0 Å². The number of aryl methyl sites for hydroxylation is 2. The van der Waals surface area contributed by atoms with Gasteiger partial charge >= 0.3 is 0 Å². The molecule has 2 amide bonds. The summed E-state index contributed by atoms with van der Waals surface area (Å²) in [6.45, 7) is 3.83. The van der Waals surface area contributed by atoms with Crippen LogP contribution in [0.25, 0.3) is 11.0 Å². The van der Waals surface area contributed by atoms with Crippen molar-refractivity contribution in [2.75, 3.05) is 10.6 Å². The molecule has 0 aliphatic carbocycles. The van der Waals surface area contributed by atoms with Crippen LogP contribution in [0.2, 0.25) is 0 Å². The Labute approximate surface area is 191 Å². The first-order valence-electron chi connectivity index (χ1n) is 10.3. The first-order chi connectivity index (χ1) is 16.3. The first-order valence-corrected chi connectivity index (χ1v) is 10.3. The summed E-state index contributed by atoms with van der Waals surface area (Å²) in [5, 5.41) is 5.34. The molecule has 10 heteroatoms. The summed E-state index contributed by atoms with van der Waals surface area (Å²) >= 11 is 0. The number of aromatic nitrogens is 4. The lowest BCUT2D eigenvalue weighted by Crippen LogP contribution is -2.28. The average molecular weight is 454 g/mol. The summed E-state index contributed by atoms with van der Waals surface area (Å²) in [5.74, 6) is -1.28. The fourth-order valence-corrected chi connectivity index (χ4v) is 3.63. The van der Waals surface area contributed by atoms with Crippen molar-refractivity contribution < 1.29 is 9.59 Å². The largest absolute Gasteiger partial charge is 0.321 e. The number of nitrogens with zero attached hydrogens (tertiary/aromatic N) is 4. The van der Waals surface area contributed by atoms with Crippen molar-refractivity contribution in [2.45, 2.75) is 13.8 Å². The van der Waals surface area contributed by atoms with Crippen molar-refractivity contribution in [3.05, 3.63) is 104 Å². The minimum absolute atomic E-state index is 0.204. The van der Waals surface area contributed by atoms with Gasteiger partial charge in [0.15, 0.2) is 11.4 Å². The third kappa shape index (κ3) is 3.47. The predicted octanol–water partition coefficient (Wildman–Crippen LogP) is 2.26. The quantitative estimate of drug-likeness (QED) is 0.429. The Balaban J connectivity index is 1.56. The standard InChI is InChI=1S/C24H18N6O4/c1-13-3-7-15(8-4-13)27-21(31)17-19-23(33)30-12-26-18(20(30)24(34)29(19)11-25-17)22(32)28-16-9-5-14(2)6-10-16/h3-12H,1-2H3,(H,27,31)(H,28,32). The Morgan fingerprint density at radius 1 is 0.647 bits per heavy atom. The number of rotatable bonds is 4. The Morgan fingerprint density at radius 2 is 1.00 bits per heavy atom. The molecule has 0 spiro atoms. The molecule has 0 aliphatic rings. The lowest BCUT2D eigenvalue weighted by Gasteiger charge is -2.05. The third-order valence-electron chi connectivity index (χ3n) is 5.43. The number of fused-ring (bicyclic) bond motifs is 2. The second-order valence-electron chi connectivity index (χ2n) is 7.87. The lowest BCUT2D eigenvalue weighted by atomic mass is 10.2. The van der Waals surface area contributed by atoms with Crippen LogP contribution in [0, 0.1) is 13.8 Å². The fraction of sp³-hybridized carbons (Fsp3) is 0.0833. The van der Waals surface area contributed by atoms with Crippen LogP contribution in [0.1, 0.15) is 32.1 Å². The summed E-state index contributed by atoms with van der Waals surface area (Å²) in [6, 6.07) is 14.2. The van der Waals surface area contributed by atoms with E-state index in [0.29, 0.717) is 11.4 Å². The lowest BCUT2D eigenvalue weighted by molar-refractivity contribution is 0.101. The zero-order chi connectivity index (χ0) is 24.0. The van der Waals surface area contributed by atoms with Gasteiger partial charge in [0.2, 0.25) is 0 Å².